The molecule has 32 heavy (non-hydrogen) atoms. The maximum atomic E-state index is 11.7. The maximum Gasteiger partial charge on any atom is 0.335 e. The maximum absolute atomic E-state index is 11.7. The standard InChI is InChI=1S/C27H30N2O3/c1-17-11-12-20(14-23(17)27(30)31)24-15-26(29-25-10-5-4-9-22(24)25)18(2)28-16-19-7-6-8-21(13-19)32-3/h6-8,11-15,18,28H,4-5,9-10,16H2,1-3H3,(H,30,31). The van der Waals surface area contributed by atoms with Crippen molar-refractivity contribution in [3.05, 3.63) is 82.2 Å². The highest BCUT2D eigenvalue weighted by Crippen LogP contribution is 2.34. The van der Waals surface area contributed by atoms with Gasteiger partial charge in [0.25, 0.3) is 0 Å². The van der Waals surface area contributed by atoms with E-state index in [4.69, 9.17) is 9.72 Å². The molecule has 1 unspecified atom stereocenters. The van der Waals surface area contributed by atoms with Crippen molar-refractivity contribution >= 4 is 5.97 Å². The molecule has 0 radical (unpaired) electrons. The Morgan fingerprint density at radius 2 is 1.97 bits per heavy atom. The van der Waals surface area contributed by atoms with E-state index in [1.807, 2.05) is 37.3 Å². The molecule has 2 N–H and O–H groups in total. The number of benzene rings is 2. The molecule has 5 nitrogen and oxygen atoms in total. The first-order valence-corrected chi connectivity index (χ1v) is 11.2. The largest absolute Gasteiger partial charge is 0.497 e. The monoisotopic (exact) mass is 430 g/mol. The number of hydrogen-bond acceptors (Lipinski definition) is 4. The lowest BCUT2D eigenvalue weighted by Gasteiger charge is -2.23. The van der Waals surface area contributed by atoms with E-state index in [0.29, 0.717) is 12.1 Å². The number of methoxy groups -OCH3 is 1. The zero-order valence-electron chi connectivity index (χ0n) is 18.9. The highest BCUT2D eigenvalue weighted by Gasteiger charge is 2.20. The minimum Gasteiger partial charge on any atom is -0.497 e. The summed E-state index contributed by atoms with van der Waals surface area (Å²) in [7, 11) is 1.68. The Morgan fingerprint density at radius 1 is 1.16 bits per heavy atom. The smallest absolute Gasteiger partial charge is 0.335 e. The van der Waals surface area contributed by atoms with Gasteiger partial charge >= 0.3 is 5.97 Å². The molecule has 166 valence electrons. The highest BCUT2D eigenvalue weighted by molar-refractivity contribution is 5.91. The number of aromatic nitrogens is 1. The van der Waals surface area contributed by atoms with E-state index in [2.05, 4.69) is 24.4 Å². The van der Waals surface area contributed by atoms with Gasteiger partial charge in [-0.1, -0.05) is 24.3 Å². The summed E-state index contributed by atoms with van der Waals surface area (Å²) < 4.78 is 5.33. The van der Waals surface area contributed by atoms with Crippen LogP contribution in [0.3, 0.4) is 0 Å². The average Bonchev–Trinajstić information content (AvgIpc) is 2.82. The molecule has 0 aliphatic heterocycles. The normalized spacial score (nSPS) is 14.0. The van der Waals surface area contributed by atoms with Crippen LogP contribution >= 0.6 is 0 Å². The Balaban J connectivity index is 1.66. The summed E-state index contributed by atoms with van der Waals surface area (Å²) in [6, 6.07) is 16.0. The number of ether oxygens (including phenoxy) is 1. The summed E-state index contributed by atoms with van der Waals surface area (Å²) in [6.45, 7) is 4.67. The molecule has 0 fully saturated rings. The van der Waals surface area contributed by atoms with E-state index in [0.717, 1.165) is 65.1 Å². The third kappa shape index (κ3) is 4.68. The molecule has 0 saturated heterocycles. The summed E-state index contributed by atoms with van der Waals surface area (Å²) >= 11 is 0. The third-order valence-corrected chi connectivity index (χ3v) is 6.29. The Hall–Kier alpha value is -3.18. The van der Waals surface area contributed by atoms with Gasteiger partial charge in [-0.3, -0.25) is 4.98 Å². The second-order valence-electron chi connectivity index (χ2n) is 8.52. The second kappa shape index (κ2) is 9.53. The van der Waals surface area contributed by atoms with Crippen molar-refractivity contribution in [2.24, 2.45) is 0 Å². The van der Waals surface area contributed by atoms with E-state index >= 15 is 0 Å². The van der Waals surface area contributed by atoms with E-state index in [1.54, 1.807) is 13.2 Å². The van der Waals surface area contributed by atoms with E-state index < -0.39 is 5.97 Å². The topological polar surface area (TPSA) is 71.5 Å². The van der Waals surface area contributed by atoms with Crippen molar-refractivity contribution in [1.82, 2.24) is 10.3 Å². The van der Waals surface area contributed by atoms with Crippen LogP contribution in [-0.2, 0) is 19.4 Å². The number of aromatic carboxylic acids is 1. The van der Waals surface area contributed by atoms with Crippen molar-refractivity contribution in [3.63, 3.8) is 0 Å². The van der Waals surface area contributed by atoms with Crippen LogP contribution < -0.4 is 10.1 Å². The second-order valence-corrected chi connectivity index (χ2v) is 8.52. The highest BCUT2D eigenvalue weighted by atomic mass is 16.5. The van der Waals surface area contributed by atoms with Crippen LogP contribution in [0, 0.1) is 6.92 Å². The van der Waals surface area contributed by atoms with Crippen molar-refractivity contribution in [2.45, 2.75) is 52.1 Å². The van der Waals surface area contributed by atoms with Gasteiger partial charge in [-0.05, 0) is 91.6 Å². The van der Waals surface area contributed by atoms with Crippen LogP contribution in [0.25, 0.3) is 11.1 Å². The third-order valence-electron chi connectivity index (χ3n) is 6.29. The van der Waals surface area contributed by atoms with Gasteiger partial charge in [0.15, 0.2) is 0 Å². The molecule has 3 aromatic rings. The lowest BCUT2D eigenvalue weighted by molar-refractivity contribution is 0.0696. The molecule has 1 atom stereocenters. The van der Waals surface area contributed by atoms with Crippen LogP contribution in [0.2, 0.25) is 0 Å². The fourth-order valence-corrected chi connectivity index (χ4v) is 4.38. The summed E-state index contributed by atoms with van der Waals surface area (Å²) in [5, 5.41) is 13.2. The zero-order valence-corrected chi connectivity index (χ0v) is 18.9. The molecule has 1 heterocycles. The number of nitrogens with zero attached hydrogens (tertiary/aromatic N) is 1. The van der Waals surface area contributed by atoms with E-state index in [-0.39, 0.29) is 6.04 Å². The molecule has 0 bridgehead atoms. The summed E-state index contributed by atoms with van der Waals surface area (Å²) in [5.74, 6) is -0.0411. The van der Waals surface area contributed by atoms with Gasteiger partial charge in [0.2, 0.25) is 0 Å². The molecule has 0 saturated carbocycles. The quantitative estimate of drug-likeness (QED) is 0.518. The first-order chi connectivity index (χ1) is 15.5. The predicted octanol–water partition coefficient (Wildman–Crippen LogP) is 5.49. The Bertz CT molecular complexity index is 1140. The average molecular weight is 431 g/mol. The SMILES string of the molecule is COc1cccc(CNC(C)c2cc(-c3ccc(C)c(C(=O)O)c3)c3c(n2)CCCC3)c1. The molecular formula is C27H30N2O3. The Morgan fingerprint density at radius 3 is 2.75 bits per heavy atom. The fourth-order valence-electron chi connectivity index (χ4n) is 4.38. The van der Waals surface area contributed by atoms with E-state index in [9.17, 15) is 9.90 Å². The van der Waals surface area contributed by atoms with Gasteiger partial charge in [-0.2, -0.15) is 0 Å². The van der Waals surface area contributed by atoms with Gasteiger partial charge in [0.05, 0.1) is 18.4 Å². The van der Waals surface area contributed by atoms with Gasteiger partial charge < -0.3 is 15.2 Å². The molecule has 5 heteroatoms. The molecule has 1 aromatic heterocycles. The van der Waals surface area contributed by atoms with Crippen LogP contribution in [-0.4, -0.2) is 23.2 Å². The number of carboxylic acids is 1. The van der Waals surface area contributed by atoms with Crippen LogP contribution in [0.4, 0.5) is 0 Å². The summed E-state index contributed by atoms with van der Waals surface area (Å²) in [5.41, 5.74) is 7.75. The lowest BCUT2D eigenvalue weighted by Crippen LogP contribution is -2.21. The number of aryl methyl sites for hydroxylation is 2. The molecule has 2 aromatic carbocycles. The van der Waals surface area contributed by atoms with Crippen molar-refractivity contribution in [1.29, 1.82) is 0 Å². The number of carbonyl (C=O) groups is 1. The lowest BCUT2D eigenvalue weighted by atomic mass is 9.87. The molecular weight excluding hydrogens is 400 g/mol. The van der Waals surface area contributed by atoms with Crippen LogP contribution in [0.15, 0.2) is 48.5 Å². The fraction of sp³-hybridized carbons (Fsp3) is 0.333. The Labute approximate surface area is 189 Å². The van der Waals surface area contributed by atoms with Crippen LogP contribution in [0.1, 0.15) is 64.2 Å². The van der Waals surface area contributed by atoms with Crippen molar-refractivity contribution in [2.75, 3.05) is 7.11 Å². The molecule has 4 rings (SSSR count). The number of fused-ring (bicyclic) bond motifs is 1. The molecule has 1 aliphatic rings. The van der Waals surface area contributed by atoms with E-state index in [1.165, 1.54) is 5.56 Å². The molecule has 0 amide bonds. The minimum absolute atomic E-state index is 0.0524. The van der Waals surface area contributed by atoms with Gasteiger partial charge in [0, 0.05) is 18.3 Å². The number of nitrogens with one attached hydrogen (secondary N) is 1. The zero-order chi connectivity index (χ0) is 22.7. The predicted molar refractivity (Wildman–Crippen MR) is 126 cm³/mol. The number of pyridine rings is 1. The molecule has 1 aliphatic carbocycles. The van der Waals surface area contributed by atoms with Gasteiger partial charge in [-0.25, -0.2) is 4.79 Å². The summed E-state index contributed by atoms with van der Waals surface area (Å²) in [6.07, 6.45) is 4.24. The van der Waals surface area contributed by atoms with Gasteiger partial charge in [-0.15, -0.1) is 0 Å². The van der Waals surface area contributed by atoms with Gasteiger partial charge in [0.1, 0.15) is 5.75 Å². The first kappa shape index (κ1) is 22.0. The molecule has 0 spiro atoms. The minimum atomic E-state index is -0.888. The number of rotatable bonds is 7. The van der Waals surface area contributed by atoms with Crippen molar-refractivity contribution in [3.8, 4) is 16.9 Å². The van der Waals surface area contributed by atoms with Crippen molar-refractivity contribution < 1.29 is 14.6 Å². The van der Waals surface area contributed by atoms with Crippen LogP contribution in [0.5, 0.6) is 5.75 Å². The number of carboxylic acid groups (broad SMARTS) is 1. The first-order valence-electron chi connectivity index (χ1n) is 11.2. The number of hydrogen-bond donors (Lipinski definition) is 2. The summed E-state index contributed by atoms with van der Waals surface area (Å²) in [4.78, 5) is 16.7. The Kier molecular flexibility index (Phi) is 6.56.